The van der Waals surface area contributed by atoms with Crippen molar-refractivity contribution in [3.05, 3.63) is 11.8 Å². The Kier molecular flexibility index (Phi) is 6.16. The molecule has 1 aromatic rings. The molecule has 2 heterocycles. The largest absolute Gasteiger partial charge is 0.475 e. The Morgan fingerprint density at radius 2 is 2.14 bits per heavy atom. The number of hydrogen-bond donors (Lipinski definition) is 0. The maximum atomic E-state index is 11.9. The second kappa shape index (κ2) is 7.89. The molecular formula is C13H18F3N3O2S. The van der Waals surface area contributed by atoms with Crippen LogP contribution in [0.3, 0.4) is 0 Å². The number of hydrogen-bond acceptors (Lipinski definition) is 6. The standard InChI is InChI=1S/C13H18F3N3O2S/c1-19-5-2-4-10(8-19)11-12(18-22-17-11)21-7-3-6-20-9-13(14,15)16/h4H,2-3,5-9H2,1H3. The summed E-state index contributed by atoms with van der Waals surface area (Å²) < 4.78 is 54.1. The van der Waals surface area contributed by atoms with Crippen LogP contribution in [0.25, 0.3) is 5.57 Å². The zero-order chi connectivity index (χ0) is 16.0. The molecule has 0 aliphatic carbocycles. The van der Waals surface area contributed by atoms with Gasteiger partial charge in [-0.1, -0.05) is 6.08 Å². The number of halogens is 3. The van der Waals surface area contributed by atoms with Gasteiger partial charge in [0.25, 0.3) is 5.88 Å². The van der Waals surface area contributed by atoms with Crippen molar-refractivity contribution in [3.8, 4) is 5.88 Å². The van der Waals surface area contributed by atoms with Gasteiger partial charge in [-0.2, -0.15) is 17.5 Å². The van der Waals surface area contributed by atoms with Crippen LogP contribution < -0.4 is 4.74 Å². The van der Waals surface area contributed by atoms with Gasteiger partial charge in [0.2, 0.25) is 0 Å². The number of ether oxygens (including phenoxy) is 2. The Hall–Kier alpha value is -1.19. The molecule has 0 N–H and O–H groups in total. The van der Waals surface area contributed by atoms with Gasteiger partial charge in [0.1, 0.15) is 12.3 Å². The van der Waals surface area contributed by atoms with Crippen LogP contribution in [-0.2, 0) is 4.74 Å². The zero-order valence-electron chi connectivity index (χ0n) is 12.2. The van der Waals surface area contributed by atoms with E-state index in [0.29, 0.717) is 12.3 Å². The summed E-state index contributed by atoms with van der Waals surface area (Å²) in [5.74, 6) is 0.447. The summed E-state index contributed by atoms with van der Waals surface area (Å²) >= 11 is 1.07. The summed E-state index contributed by atoms with van der Waals surface area (Å²) in [4.78, 5) is 2.18. The minimum atomic E-state index is -4.29. The third kappa shape index (κ3) is 5.54. The molecule has 0 radical (unpaired) electrons. The van der Waals surface area contributed by atoms with E-state index in [-0.39, 0.29) is 13.2 Å². The van der Waals surface area contributed by atoms with Gasteiger partial charge < -0.3 is 14.4 Å². The molecule has 0 aromatic carbocycles. The molecule has 22 heavy (non-hydrogen) atoms. The average Bonchev–Trinajstić information content (AvgIpc) is 2.90. The van der Waals surface area contributed by atoms with E-state index in [9.17, 15) is 13.2 Å². The van der Waals surface area contributed by atoms with Crippen LogP contribution in [0.5, 0.6) is 5.88 Å². The molecule has 1 aliphatic heterocycles. The first-order chi connectivity index (χ1) is 10.5. The molecule has 1 aromatic heterocycles. The lowest BCUT2D eigenvalue weighted by molar-refractivity contribution is -0.174. The Balaban J connectivity index is 1.75. The van der Waals surface area contributed by atoms with Crippen LogP contribution in [0.4, 0.5) is 13.2 Å². The van der Waals surface area contributed by atoms with Crippen molar-refractivity contribution in [3.63, 3.8) is 0 Å². The predicted molar refractivity (Wildman–Crippen MR) is 77.0 cm³/mol. The first-order valence-corrected chi connectivity index (χ1v) is 7.66. The Morgan fingerprint density at radius 3 is 2.86 bits per heavy atom. The van der Waals surface area contributed by atoms with E-state index in [2.05, 4.69) is 24.5 Å². The first kappa shape index (κ1) is 17.2. The van der Waals surface area contributed by atoms with Crippen molar-refractivity contribution >= 4 is 17.3 Å². The SMILES string of the molecule is CN1CCC=C(c2nsnc2OCCCOCC(F)(F)F)C1. The van der Waals surface area contributed by atoms with E-state index in [1.807, 2.05) is 7.05 Å². The molecule has 0 unspecified atom stereocenters. The monoisotopic (exact) mass is 337 g/mol. The summed E-state index contributed by atoms with van der Waals surface area (Å²) in [6.07, 6.45) is -0.845. The van der Waals surface area contributed by atoms with Crippen LogP contribution in [0.1, 0.15) is 18.5 Å². The highest BCUT2D eigenvalue weighted by atomic mass is 32.1. The highest BCUT2D eigenvalue weighted by Gasteiger charge is 2.27. The second-order valence-electron chi connectivity index (χ2n) is 5.04. The van der Waals surface area contributed by atoms with Gasteiger partial charge in [-0.3, -0.25) is 0 Å². The zero-order valence-corrected chi connectivity index (χ0v) is 13.0. The summed E-state index contributed by atoms with van der Waals surface area (Å²) in [6, 6.07) is 0. The normalized spacial score (nSPS) is 16.6. The van der Waals surface area contributed by atoms with Crippen molar-refractivity contribution in [2.45, 2.75) is 19.0 Å². The number of rotatable bonds is 7. The minimum Gasteiger partial charge on any atom is -0.475 e. The van der Waals surface area contributed by atoms with E-state index in [4.69, 9.17) is 4.74 Å². The molecule has 0 saturated carbocycles. The van der Waals surface area contributed by atoms with Gasteiger partial charge in [-0.15, -0.1) is 4.37 Å². The minimum absolute atomic E-state index is 0.00214. The molecule has 9 heteroatoms. The molecule has 0 amide bonds. The molecule has 0 fully saturated rings. The quantitative estimate of drug-likeness (QED) is 0.716. The lowest BCUT2D eigenvalue weighted by Gasteiger charge is -2.22. The molecule has 0 saturated heterocycles. The van der Waals surface area contributed by atoms with E-state index in [1.165, 1.54) is 0 Å². The maximum Gasteiger partial charge on any atom is 0.411 e. The molecule has 0 spiro atoms. The van der Waals surface area contributed by atoms with Gasteiger partial charge in [-0.05, 0) is 19.0 Å². The molecule has 1 aliphatic rings. The summed E-state index contributed by atoms with van der Waals surface area (Å²) in [5, 5.41) is 0. The fourth-order valence-corrected chi connectivity index (χ4v) is 2.59. The predicted octanol–water partition coefficient (Wildman–Crippen LogP) is 2.60. The topological polar surface area (TPSA) is 47.5 Å². The van der Waals surface area contributed by atoms with E-state index >= 15 is 0 Å². The fraction of sp³-hybridized carbons (Fsp3) is 0.692. The molecule has 124 valence electrons. The molecule has 0 atom stereocenters. The lowest BCUT2D eigenvalue weighted by Crippen LogP contribution is -2.25. The van der Waals surface area contributed by atoms with Gasteiger partial charge in [0.05, 0.1) is 24.9 Å². The number of aromatic nitrogens is 2. The van der Waals surface area contributed by atoms with Crippen molar-refractivity contribution < 1.29 is 22.6 Å². The van der Waals surface area contributed by atoms with Gasteiger partial charge in [0.15, 0.2) is 0 Å². The van der Waals surface area contributed by atoms with Crippen LogP contribution in [0.15, 0.2) is 6.08 Å². The Bertz CT molecular complexity index is 505. The van der Waals surface area contributed by atoms with Crippen molar-refractivity contribution in [1.29, 1.82) is 0 Å². The van der Waals surface area contributed by atoms with Gasteiger partial charge in [-0.25, -0.2) is 0 Å². The summed E-state index contributed by atoms with van der Waals surface area (Å²) in [7, 11) is 2.03. The van der Waals surface area contributed by atoms with Crippen LogP contribution in [0, 0.1) is 0 Å². The fourth-order valence-electron chi connectivity index (χ4n) is 2.05. The van der Waals surface area contributed by atoms with Crippen molar-refractivity contribution in [2.75, 3.05) is 40.0 Å². The third-order valence-electron chi connectivity index (χ3n) is 3.04. The smallest absolute Gasteiger partial charge is 0.411 e. The van der Waals surface area contributed by atoms with Gasteiger partial charge in [0, 0.05) is 19.5 Å². The number of alkyl halides is 3. The van der Waals surface area contributed by atoms with E-state index in [1.54, 1.807) is 0 Å². The number of nitrogens with zero attached hydrogens (tertiary/aromatic N) is 3. The molecule has 5 nitrogen and oxygen atoms in total. The molecule has 2 rings (SSSR count). The van der Waals surface area contributed by atoms with E-state index < -0.39 is 12.8 Å². The first-order valence-electron chi connectivity index (χ1n) is 6.93. The number of likely N-dealkylation sites (N-methyl/N-ethyl adjacent to an activating group) is 1. The third-order valence-corrected chi connectivity index (χ3v) is 3.55. The van der Waals surface area contributed by atoms with Crippen LogP contribution in [0.2, 0.25) is 0 Å². The van der Waals surface area contributed by atoms with Crippen molar-refractivity contribution in [1.82, 2.24) is 13.6 Å². The molecule has 0 bridgehead atoms. The Labute approximate surface area is 131 Å². The van der Waals surface area contributed by atoms with Crippen LogP contribution in [-0.4, -0.2) is 59.8 Å². The average molecular weight is 337 g/mol. The molecular weight excluding hydrogens is 319 g/mol. The van der Waals surface area contributed by atoms with E-state index in [0.717, 1.165) is 42.5 Å². The maximum absolute atomic E-state index is 11.9. The summed E-state index contributed by atoms with van der Waals surface area (Å²) in [5.41, 5.74) is 1.80. The van der Waals surface area contributed by atoms with Crippen LogP contribution >= 0.6 is 11.7 Å². The Morgan fingerprint density at radius 1 is 1.32 bits per heavy atom. The lowest BCUT2D eigenvalue weighted by atomic mass is 10.1. The highest BCUT2D eigenvalue weighted by molar-refractivity contribution is 6.99. The van der Waals surface area contributed by atoms with Crippen molar-refractivity contribution in [2.24, 2.45) is 0 Å². The summed E-state index contributed by atoms with van der Waals surface area (Å²) in [6.45, 7) is 0.817. The second-order valence-corrected chi connectivity index (χ2v) is 5.57. The highest BCUT2D eigenvalue weighted by Crippen LogP contribution is 2.27. The van der Waals surface area contributed by atoms with Gasteiger partial charge >= 0.3 is 6.18 Å².